The summed E-state index contributed by atoms with van der Waals surface area (Å²) >= 11 is 0. The van der Waals surface area contributed by atoms with E-state index < -0.39 is 21.7 Å². The van der Waals surface area contributed by atoms with Crippen LogP contribution in [0, 0.1) is 37.1 Å². The Morgan fingerprint density at radius 1 is 0.328 bits per heavy atom. The van der Waals surface area contributed by atoms with Crippen LogP contribution >= 0.6 is 0 Å². The molecule has 8 aromatic heterocycles. The molecule has 4 aliphatic carbocycles. The maximum Gasteiger partial charge on any atom is 0.235 e. The topological polar surface area (TPSA) is 343 Å². The Hall–Kier alpha value is -15.0. The van der Waals surface area contributed by atoms with Crippen LogP contribution < -0.4 is 44.2 Å². The number of carbonyl (C=O) groups excluding carboxylic acids is 4. The van der Waals surface area contributed by atoms with Crippen molar-refractivity contribution in [3.8, 4) is 44.5 Å². The molecular formula is C94H84F4N20O4. The van der Waals surface area contributed by atoms with E-state index in [-0.39, 0.29) is 46.9 Å². The summed E-state index contributed by atoms with van der Waals surface area (Å²) in [6, 6.07) is 63.4. The molecule has 4 aliphatic rings. The van der Waals surface area contributed by atoms with Crippen LogP contribution in [0.15, 0.2) is 231 Å². The first-order valence-electron chi connectivity index (χ1n) is 39.8. The molecule has 0 aliphatic heterocycles. The molecule has 8 aromatic carbocycles. The summed E-state index contributed by atoms with van der Waals surface area (Å²) in [6.07, 6.45) is 9.14. The molecule has 0 spiro atoms. The van der Waals surface area contributed by atoms with Gasteiger partial charge in [0.15, 0.2) is 45.9 Å². The van der Waals surface area contributed by atoms with Crippen LogP contribution in [0.1, 0.15) is 85.0 Å². The number of fused-ring (bicyclic) bond motifs is 4. The number of pyridine rings is 4. The van der Waals surface area contributed by atoms with Crippen LogP contribution in [0.3, 0.4) is 0 Å². The van der Waals surface area contributed by atoms with Crippen molar-refractivity contribution in [1.29, 1.82) is 0 Å². The van der Waals surface area contributed by atoms with Gasteiger partial charge in [0.05, 0.1) is 43.2 Å². The lowest BCUT2D eigenvalue weighted by atomic mass is 9.94. The highest BCUT2D eigenvalue weighted by atomic mass is 19.1. The van der Waals surface area contributed by atoms with Crippen molar-refractivity contribution in [2.24, 2.45) is 28.2 Å². The minimum atomic E-state index is -0.775. The van der Waals surface area contributed by atoms with Gasteiger partial charge in [-0.05, 0) is 242 Å². The summed E-state index contributed by atoms with van der Waals surface area (Å²) in [5, 5.41) is 32.2. The van der Waals surface area contributed by atoms with Gasteiger partial charge in [-0.25, -0.2) is 56.2 Å². The SMILES string of the molecule is Cc1cc(-c2ccc(NC(=O)C3(c4cccc(F)c4)CC3)cc2)c2c(N)nn(C)c2n1.Cc1cc(-c2ccc(NC(=O)C3(c4ccccc4F)CC3)cc2)c2c(N)nn(C)c2n1.Cn1nc(N)c2c(-c3ccc(NC(=O)C4(c5ccc(F)cc5)CC4)cc3)ccnc21.Cn1nc(N)c2c(-c3ccc(NC(=O)C4(c5cccc(F)c5)CC4)cc3)ccnc21. The predicted molar refractivity (Wildman–Crippen MR) is 467 cm³/mol. The van der Waals surface area contributed by atoms with Gasteiger partial charge in [0.2, 0.25) is 23.6 Å². The van der Waals surface area contributed by atoms with Crippen molar-refractivity contribution >= 4 is 114 Å². The maximum absolute atomic E-state index is 14.3. The van der Waals surface area contributed by atoms with E-state index in [1.165, 1.54) is 42.5 Å². The summed E-state index contributed by atoms with van der Waals surface area (Å²) in [5.41, 5.74) is 39.5. The van der Waals surface area contributed by atoms with Crippen molar-refractivity contribution in [3.05, 3.63) is 288 Å². The van der Waals surface area contributed by atoms with Crippen molar-refractivity contribution in [2.75, 3.05) is 44.2 Å². The van der Waals surface area contributed by atoms with E-state index in [1.807, 2.05) is 168 Å². The fourth-order valence-electron chi connectivity index (χ4n) is 16.3. The van der Waals surface area contributed by atoms with E-state index in [2.05, 4.69) is 61.6 Å². The van der Waals surface area contributed by atoms with E-state index in [0.717, 1.165) is 150 Å². The Bertz CT molecular complexity index is 6810. The molecule has 0 atom stereocenters. The number of hydrogen-bond acceptors (Lipinski definition) is 16. The molecule has 12 N–H and O–H groups in total. The number of rotatable bonds is 16. The number of aryl methyl sites for hydroxylation is 6. The van der Waals surface area contributed by atoms with Crippen molar-refractivity contribution in [1.82, 2.24) is 59.1 Å². The molecule has 24 nitrogen and oxygen atoms in total. The van der Waals surface area contributed by atoms with Crippen LogP contribution in [-0.4, -0.2) is 82.7 Å². The molecule has 4 amide bonds. The monoisotopic (exact) mass is 1630 g/mol. The van der Waals surface area contributed by atoms with Gasteiger partial charge in [0.1, 0.15) is 23.3 Å². The fourth-order valence-corrected chi connectivity index (χ4v) is 16.3. The van der Waals surface area contributed by atoms with Gasteiger partial charge in [-0.1, -0.05) is 103 Å². The van der Waals surface area contributed by atoms with Crippen LogP contribution in [0.4, 0.5) is 63.6 Å². The molecule has 16 aromatic rings. The number of aromatic nitrogens is 12. The normalized spacial score (nSPS) is 14.6. The highest BCUT2D eigenvalue weighted by Gasteiger charge is 2.55. The van der Waals surface area contributed by atoms with Crippen LogP contribution in [0.5, 0.6) is 0 Å². The highest BCUT2D eigenvalue weighted by molar-refractivity contribution is 6.08. The number of carbonyl (C=O) groups is 4. The second-order valence-electron chi connectivity index (χ2n) is 31.6. The lowest BCUT2D eigenvalue weighted by molar-refractivity contribution is -0.119. The third-order valence-electron chi connectivity index (χ3n) is 23.5. The van der Waals surface area contributed by atoms with Crippen LogP contribution in [0.2, 0.25) is 0 Å². The smallest absolute Gasteiger partial charge is 0.235 e. The van der Waals surface area contributed by atoms with Crippen LogP contribution in [-0.2, 0) is 69.0 Å². The number of nitrogen functional groups attached to an aromatic ring is 4. The van der Waals surface area contributed by atoms with E-state index in [0.29, 0.717) is 70.1 Å². The van der Waals surface area contributed by atoms with Crippen LogP contribution in [0.25, 0.3) is 88.6 Å². The molecule has 28 heteroatoms. The number of benzene rings is 8. The minimum absolute atomic E-state index is 0.0651. The number of anilines is 8. The van der Waals surface area contributed by atoms with Crippen molar-refractivity contribution < 1.29 is 36.7 Å². The maximum atomic E-state index is 14.3. The lowest BCUT2D eigenvalue weighted by Gasteiger charge is -2.17. The molecule has 0 saturated heterocycles. The van der Waals surface area contributed by atoms with E-state index in [1.54, 1.807) is 80.6 Å². The van der Waals surface area contributed by atoms with Gasteiger partial charge in [-0.2, -0.15) is 20.4 Å². The Morgan fingerprint density at radius 2 is 0.639 bits per heavy atom. The third kappa shape index (κ3) is 15.1. The molecule has 0 bridgehead atoms. The fraction of sp³-hybridized carbons (Fsp3) is 0.191. The standard InChI is InChI=1S/2C24H22FN5O.2C23H20FN5O/c1-14-12-19(20-21(26)29-30(2)22(20)27-14)15-6-8-18(9-7-15)28-23(31)24(10-11-24)16-4-3-5-17(25)13-16;1-14-13-17(20-21(26)29-30(2)22(20)27-14)15-7-9-16(10-8-15)28-23(31)24(11-12-24)18-5-3-4-6-19(18)25;1-29-21-19(20(25)28-29)18(10-13-26-21)14-2-8-17(9-3-14)27-22(30)23(11-12-23)15-4-6-16(24)7-5-15;1-29-21-19(20(25)28-29)18(9-12-26-21)14-5-7-17(8-6-14)27-22(30)23(10-11-23)15-3-2-4-16(24)13-15/h3-9,12-13H,10-11H2,1-2H3,(H2,26,29)(H,28,31);3-10,13H,11-12H2,1-2H3,(H2,26,29)(H,28,31);2-10,13H,11-12H2,1H3,(H2,25,28)(H,27,30);2-9,12-13H,10-11H2,1H3,(H2,25,28)(H,27,30). The van der Waals surface area contributed by atoms with Gasteiger partial charge in [0.25, 0.3) is 0 Å². The Morgan fingerprint density at radius 3 is 0.975 bits per heavy atom. The van der Waals surface area contributed by atoms with Crippen molar-refractivity contribution in [3.63, 3.8) is 0 Å². The first-order chi connectivity index (χ1) is 58.7. The van der Waals surface area contributed by atoms with Gasteiger partial charge < -0.3 is 44.2 Å². The zero-order valence-corrected chi connectivity index (χ0v) is 67.4. The highest BCUT2D eigenvalue weighted by Crippen LogP contribution is 2.53. The molecule has 612 valence electrons. The summed E-state index contributed by atoms with van der Waals surface area (Å²) in [5.74, 6) is -0.0184. The number of nitrogens with one attached hydrogen (secondary N) is 4. The predicted octanol–water partition coefficient (Wildman–Crippen LogP) is 16.7. The number of halogens is 4. The first kappa shape index (κ1) is 79.5. The average Bonchev–Trinajstić information content (AvgIpc) is 1.59. The summed E-state index contributed by atoms with van der Waals surface area (Å²) < 4.78 is 61.4. The number of nitrogens with two attached hydrogens (primary N) is 4. The second-order valence-corrected chi connectivity index (χ2v) is 31.6. The largest absolute Gasteiger partial charge is 0.382 e. The molecule has 8 heterocycles. The minimum Gasteiger partial charge on any atom is -0.382 e. The number of nitrogens with zero attached hydrogens (tertiary/aromatic N) is 12. The van der Waals surface area contributed by atoms with Crippen molar-refractivity contribution in [2.45, 2.75) is 86.9 Å². The zero-order chi connectivity index (χ0) is 85.3. The first-order valence-corrected chi connectivity index (χ1v) is 39.8. The third-order valence-corrected chi connectivity index (χ3v) is 23.5. The number of hydrogen-bond donors (Lipinski definition) is 8. The molecule has 4 saturated carbocycles. The Labute approximate surface area is 697 Å². The Kier molecular flexibility index (Phi) is 20.5. The summed E-state index contributed by atoms with van der Waals surface area (Å²) in [6.45, 7) is 3.86. The van der Waals surface area contributed by atoms with E-state index >= 15 is 0 Å². The number of amides is 4. The second kappa shape index (κ2) is 31.4. The lowest BCUT2D eigenvalue weighted by Crippen LogP contribution is -2.28. The van der Waals surface area contributed by atoms with Gasteiger partial charge in [-0.3, -0.25) is 19.2 Å². The molecular weight excluding hydrogens is 1550 g/mol. The molecule has 122 heavy (non-hydrogen) atoms. The molecule has 0 radical (unpaired) electrons. The Balaban J connectivity index is 0.000000116. The van der Waals surface area contributed by atoms with Gasteiger partial charge in [0, 0.05) is 80.3 Å². The molecule has 0 unspecified atom stereocenters. The average molecular weight is 1630 g/mol. The van der Waals surface area contributed by atoms with Gasteiger partial charge in [-0.15, -0.1) is 0 Å². The molecule has 20 rings (SSSR count). The summed E-state index contributed by atoms with van der Waals surface area (Å²) in [7, 11) is 7.25. The van der Waals surface area contributed by atoms with E-state index in [4.69, 9.17) is 22.9 Å². The molecule has 4 fully saturated rings. The van der Waals surface area contributed by atoms with E-state index in [9.17, 15) is 36.7 Å². The summed E-state index contributed by atoms with van der Waals surface area (Å²) in [4.78, 5) is 69.5. The zero-order valence-electron chi connectivity index (χ0n) is 67.4. The quantitative estimate of drug-likeness (QED) is 0.0417. The van der Waals surface area contributed by atoms with Gasteiger partial charge >= 0.3 is 0 Å².